The SMILES string of the molecule is CCOc1ccc(N2C(=O)C[C@@H](C(=O)N3CCNCC3)[C@H]2C)cc1. The lowest BCUT2D eigenvalue weighted by Gasteiger charge is -2.31. The molecule has 2 fully saturated rings. The topological polar surface area (TPSA) is 61.9 Å². The highest BCUT2D eigenvalue weighted by Gasteiger charge is 2.43. The van der Waals surface area contributed by atoms with Gasteiger partial charge in [0.2, 0.25) is 11.8 Å². The highest BCUT2D eigenvalue weighted by Crippen LogP contribution is 2.33. The minimum Gasteiger partial charge on any atom is -0.494 e. The van der Waals surface area contributed by atoms with Gasteiger partial charge in [-0.1, -0.05) is 0 Å². The van der Waals surface area contributed by atoms with Gasteiger partial charge in [-0.2, -0.15) is 0 Å². The molecule has 2 atom stereocenters. The maximum absolute atomic E-state index is 12.8. The van der Waals surface area contributed by atoms with Crippen LogP contribution in [-0.4, -0.2) is 55.5 Å². The minimum atomic E-state index is -0.262. The predicted molar refractivity (Wildman–Crippen MR) is 92.1 cm³/mol. The van der Waals surface area contributed by atoms with Crippen LogP contribution in [-0.2, 0) is 9.59 Å². The largest absolute Gasteiger partial charge is 0.494 e. The second-order valence-corrected chi connectivity index (χ2v) is 6.32. The molecule has 0 aromatic heterocycles. The number of piperazine rings is 1. The molecule has 2 aliphatic heterocycles. The molecular formula is C18H25N3O3. The van der Waals surface area contributed by atoms with E-state index < -0.39 is 0 Å². The maximum atomic E-state index is 12.8. The Kier molecular flexibility index (Phi) is 5.04. The van der Waals surface area contributed by atoms with Crippen LogP contribution in [0.15, 0.2) is 24.3 Å². The van der Waals surface area contributed by atoms with E-state index in [9.17, 15) is 9.59 Å². The van der Waals surface area contributed by atoms with Gasteiger partial charge >= 0.3 is 0 Å². The number of nitrogens with zero attached hydrogens (tertiary/aromatic N) is 2. The van der Waals surface area contributed by atoms with E-state index >= 15 is 0 Å². The molecule has 2 amide bonds. The van der Waals surface area contributed by atoms with E-state index in [-0.39, 0.29) is 30.2 Å². The Bertz CT molecular complexity index is 596. The number of hydrogen-bond acceptors (Lipinski definition) is 4. The highest BCUT2D eigenvalue weighted by atomic mass is 16.5. The Hall–Kier alpha value is -2.08. The molecule has 2 heterocycles. The van der Waals surface area contributed by atoms with Crippen LogP contribution in [0, 0.1) is 5.92 Å². The first kappa shape index (κ1) is 16.8. The summed E-state index contributed by atoms with van der Waals surface area (Å²) in [4.78, 5) is 28.9. The normalized spacial score (nSPS) is 24.3. The van der Waals surface area contributed by atoms with Crippen LogP contribution in [0.5, 0.6) is 5.75 Å². The number of carbonyl (C=O) groups is 2. The number of ether oxygens (including phenoxy) is 1. The molecule has 0 spiro atoms. The van der Waals surface area contributed by atoms with Crippen LogP contribution in [0.25, 0.3) is 0 Å². The zero-order valence-corrected chi connectivity index (χ0v) is 14.3. The summed E-state index contributed by atoms with van der Waals surface area (Å²) in [6.45, 7) is 7.60. The maximum Gasteiger partial charge on any atom is 0.228 e. The monoisotopic (exact) mass is 331 g/mol. The Labute approximate surface area is 142 Å². The van der Waals surface area contributed by atoms with Gasteiger partial charge < -0.3 is 19.9 Å². The molecule has 1 aromatic rings. The van der Waals surface area contributed by atoms with E-state index in [4.69, 9.17) is 4.74 Å². The molecule has 0 saturated carbocycles. The number of carbonyl (C=O) groups excluding carboxylic acids is 2. The molecule has 0 unspecified atom stereocenters. The fraction of sp³-hybridized carbons (Fsp3) is 0.556. The predicted octanol–water partition coefficient (Wildman–Crippen LogP) is 1.26. The second-order valence-electron chi connectivity index (χ2n) is 6.32. The molecule has 6 nitrogen and oxygen atoms in total. The summed E-state index contributed by atoms with van der Waals surface area (Å²) in [5, 5.41) is 3.25. The van der Waals surface area contributed by atoms with Crippen molar-refractivity contribution in [3.63, 3.8) is 0 Å². The number of hydrogen-bond donors (Lipinski definition) is 1. The van der Waals surface area contributed by atoms with Crippen molar-refractivity contribution < 1.29 is 14.3 Å². The van der Waals surface area contributed by atoms with Gasteiger partial charge in [0, 0.05) is 44.3 Å². The molecule has 1 aromatic carbocycles. The van der Waals surface area contributed by atoms with Crippen LogP contribution in [0.3, 0.4) is 0 Å². The first-order chi connectivity index (χ1) is 11.6. The van der Waals surface area contributed by atoms with Crippen molar-refractivity contribution in [2.24, 2.45) is 5.92 Å². The summed E-state index contributed by atoms with van der Waals surface area (Å²) < 4.78 is 5.45. The van der Waals surface area contributed by atoms with Gasteiger partial charge in [-0.3, -0.25) is 9.59 Å². The van der Waals surface area contributed by atoms with Gasteiger partial charge in [0.25, 0.3) is 0 Å². The molecule has 6 heteroatoms. The lowest BCUT2D eigenvalue weighted by Crippen LogP contribution is -2.50. The molecule has 2 aliphatic rings. The number of rotatable bonds is 4. The Balaban J connectivity index is 1.73. The first-order valence-electron chi connectivity index (χ1n) is 8.66. The lowest BCUT2D eigenvalue weighted by molar-refractivity contribution is -0.136. The molecule has 0 bridgehead atoms. The Morgan fingerprint density at radius 2 is 1.92 bits per heavy atom. The third-order valence-electron chi connectivity index (χ3n) is 4.82. The fourth-order valence-corrected chi connectivity index (χ4v) is 3.53. The molecule has 24 heavy (non-hydrogen) atoms. The van der Waals surface area contributed by atoms with Crippen LogP contribution in [0.1, 0.15) is 20.3 Å². The van der Waals surface area contributed by atoms with Crippen LogP contribution < -0.4 is 15.0 Å². The summed E-state index contributed by atoms with van der Waals surface area (Å²) in [5.41, 5.74) is 0.826. The molecule has 0 radical (unpaired) electrons. The van der Waals surface area contributed by atoms with Gasteiger partial charge in [0.15, 0.2) is 0 Å². The average molecular weight is 331 g/mol. The second kappa shape index (κ2) is 7.21. The summed E-state index contributed by atoms with van der Waals surface area (Å²) in [7, 11) is 0. The molecular weight excluding hydrogens is 306 g/mol. The third kappa shape index (κ3) is 3.24. The smallest absolute Gasteiger partial charge is 0.228 e. The number of anilines is 1. The van der Waals surface area contributed by atoms with E-state index in [2.05, 4.69) is 5.32 Å². The fourth-order valence-electron chi connectivity index (χ4n) is 3.53. The van der Waals surface area contributed by atoms with E-state index in [1.165, 1.54) is 0 Å². The average Bonchev–Trinajstić information content (AvgIpc) is 2.91. The summed E-state index contributed by atoms with van der Waals surface area (Å²) >= 11 is 0. The summed E-state index contributed by atoms with van der Waals surface area (Å²) in [5.74, 6) is 0.641. The van der Waals surface area contributed by atoms with Gasteiger partial charge in [-0.15, -0.1) is 0 Å². The quantitative estimate of drug-likeness (QED) is 0.902. The van der Waals surface area contributed by atoms with Crippen LogP contribution in [0.4, 0.5) is 5.69 Å². The zero-order chi connectivity index (χ0) is 17.1. The van der Waals surface area contributed by atoms with Gasteiger partial charge in [0.05, 0.1) is 12.5 Å². The number of nitrogens with one attached hydrogen (secondary N) is 1. The van der Waals surface area contributed by atoms with Gasteiger partial charge in [-0.05, 0) is 38.1 Å². The minimum absolute atomic E-state index is 0.0140. The van der Waals surface area contributed by atoms with Crippen LogP contribution >= 0.6 is 0 Å². The first-order valence-corrected chi connectivity index (χ1v) is 8.66. The number of amides is 2. The van der Waals surface area contributed by atoms with Gasteiger partial charge in [-0.25, -0.2) is 0 Å². The van der Waals surface area contributed by atoms with E-state index in [0.717, 1.165) is 37.6 Å². The summed E-state index contributed by atoms with van der Waals surface area (Å²) in [6.07, 6.45) is 0.289. The van der Waals surface area contributed by atoms with Crippen molar-refractivity contribution in [3.05, 3.63) is 24.3 Å². The van der Waals surface area contributed by atoms with E-state index in [1.54, 1.807) is 4.90 Å². The lowest BCUT2D eigenvalue weighted by atomic mass is 9.99. The zero-order valence-electron chi connectivity index (χ0n) is 14.3. The van der Waals surface area contributed by atoms with Crippen molar-refractivity contribution in [2.75, 3.05) is 37.7 Å². The van der Waals surface area contributed by atoms with Crippen molar-refractivity contribution in [1.82, 2.24) is 10.2 Å². The van der Waals surface area contributed by atoms with Crippen molar-refractivity contribution in [2.45, 2.75) is 26.3 Å². The van der Waals surface area contributed by atoms with Crippen molar-refractivity contribution in [3.8, 4) is 5.75 Å². The van der Waals surface area contributed by atoms with Gasteiger partial charge in [0.1, 0.15) is 5.75 Å². The Morgan fingerprint density at radius 3 is 2.54 bits per heavy atom. The standard InChI is InChI=1S/C18H25N3O3/c1-3-24-15-6-4-14(5-7-15)21-13(2)16(12-17(21)22)18(23)20-10-8-19-9-11-20/h4-7,13,16,19H,3,8-12H2,1-2H3/t13-,16-/m1/s1. The molecule has 3 rings (SSSR count). The summed E-state index contributed by atoms with van der Waals surface area (Å²) in [6, 6.07) is 7.38. The molecule has 0 aliphatic carbocycles. The third-order valence-corrected chi connectivity index (χ3v) is 4.82. The van der Waals surface area contributed by atoms with E-state index in [0.29, 0.717) is 6.61 Å². The van der Waals surface area contributed by atoms with E-state index in [1.807, 2.05) is 43.0 Å². The number of benzene rings is 1. The van der Waals surface area contributed by atoms with Crippen LogP contribution in [0.2, 0.25) is 0 Å². The molecule has 1 N–H and O–H groups in total. The molecule has 130 valence electrons. The highest BCUT2D eigenvalue weighted by molar-refractivity contribution is 6.01. The van der Waals surface area contributed by atoms with Crippen molar-refractivity contribution in [1.29, 1.82) is 0 Å². The Morgan fingerprint density at radius 1 is 1.25 bits per heavy atom. The molecule has 2 saturated heterocycles. The van der Waals surface area contributed by atoms with Crippen molar-refractivity contribution >= 4 is 17.5 Å².